The molecule has 260 valence electrons. The number of hydrogen-bond acceptors (Lipinski definition) is 15. The van der Waals surface area contributed by atoms with Gasteiger partial charge in [-0.1, -0.05) is 17.7 Å². The van der Waals surface area contributed by atoms with Crippen LogP contribution in [0.3, 0.4) is 0 Å². The van der Waals surface area contributed by atoms with E-state index in [1.807, 2.05) is 6.92 Å². The average Bonchev–Trinajstić information content (AvgIpc) is 3.51. The molecule has 21 nitrogen and oxygen atoms in total. The van der Waals surface area contributed by atoms with Gasteiger partial charge in [0.2, 0.25) is 5.75 Å². The van der Waals surface area contributed by atoms with Crippen LogP contribution in [-0.4, -0.2) is 60.5 Å². The summed E-state index contributed by atoms with van der Waals surface area (Å²) in [6.45, 7) is 5.07. The number of azo groups is 2. The Morgan fingerprint density at radius 1 is 0.962 bits per heavy atom. The number of anilines is 1. The number of hydrogen-bond donors (Lipinski definition) is 5. The van der Waals surface area contributed by atoms with Gasteiger partial charge in [-0.2, -0.15) is 18.6 Å². The monoisotopic (exact) mass is 794 g/mol. The van der Waals surface area contributed by atoms with E-state index in [0.29, 0.717) is 23.5 Å². The standard InChI is InChI=1S/C17H15N5O7S.C10H9N5O4.Cr.2Na/c1-9-3-5-11(6-4-9)21-17(24)15(10(2)20-21)19-18-13-7-12(30(27,28)29)8-14(16(13)23)22(25)26;1-5-9(10(17)14-11-5)13-12-7-3-2-6(15(18)19)4-8(7)16;;;/h3-8,20,23H,1-2H3,(H,27,28,29);2-5,12,16H,1H3;;;/q;;;2*+1/b;13-9+;;;. The van der Waals surface area contributed by atoms with Crippen LogP contribution in [0.2, 0.25) is 0 Å². The molecule has 0 radical (unpaired) electrons. The Morgan fingerprint density at radius 2 is 1.60 bits per heavy atom. The van der Waals surface area contributed by atoms with Gasteiger partial charge in [-0.05, 0) is 45.0 Å². The number of aromatic hydroxyl groups is 2. The smallest absolute Gasteiger partial charge is 0.505 e. The van der Waals surface area contributed by atoms with Crippen LogP contribution in [0, 0.1) is 34.1 Å². The Labute approximate surface area is 347 Å². The summed E-state index contributed by atoms with van der Waals surface area (Å²) in [5, 5.41) is 62.0. The Morgan fingerprint density at radius 3 is 2.12 bits per heavy atom. The van der Waals surface area contributed by atoms with Crippen LogP contribution >= 0.6 is 0 Å². The van der Waals surface area contributed by atoms with E-state index < -0.39 is 59.5 Å². The van der Waals surface area contributed by atoms with E-state index in [9.17, 15) is 53.0 Å². The van der Waals surface area contributed by atoms with Gasteiger partial charge in [-0.3, -0.25) is 44.9 Å². The molecule has 1 aliphatic heterocycles. The summed E-state index contributed by atoms with van der Waals surface area (Å²) in [6.07, 6.45) is 0. The summed E-state index contributed by atoms with van der Waals surface area (Å²) in [5.41, 5.74) is 1.94. The summed E-state index contributed by atoms with van der Waals surface area (Å²) < 4.78 is 33.1. The van der Waals surface area contributed by atoms with E-state index in [2.05, 4.69) is 36.1 Å². The molecule has 4 aromatic rings. The molecule has 1 atom stereocenters. The van der Waals surface area contributed by atoms with Crippen LogP contribution in [0.5, 0.6) is 11.5 Å². The number of non-ortho nitro benzene ring substituents is 1. The maximum Gasteiger partial charge on any atom is 1.00 e. The molecule has 0 fully saturated rings. The Balaban J connectivity index is 0.000000536. The zero-order chi connectivity index (χ0) is 36.2. The van der Waals surface area contributed by atoms with Crippen molar-refractivity contribution in [1.29, 1.82) is 0 Å². The number of aromatic nitrogens is 2. The van der Waals surface area contributed by atoms with Crippen LogP contribution < -0.4 is 70.1 Å². The topological polar surface area (TPSA) is 310 Å². The molecule has 25 heteroatoms. The van der Waals surface area contributed by atoms with Gasteiger partial charge < -0.3 is 10.2 Å². The number of hydrazone groups is 1. The average molecular weight is 795 g/mol. The molecule has 3 aromatic carbocycles. The van der Waals surface area contributed by atoms with Crippen molar-refractivity contribution >= 4 is 50.2 Å². The van der Waals surface area contributed by atoms with Crippen LogP contribution in [0.4, 0.5) is 28.4 Å². The van der Waals surface area contributed by atoms with Crippen molar-refractivity contribution in [2.45, 2.75) is 31.7 Å². The zero-order valence-corrected chi connectivity index (χ0v) is 33.9. The number of nitrogens with one attached hydrogen (secondary N) is 2. The minimum absolute atomic E-state index is 0. The molecule has 1 unspecified atom stereocenters. The molecule has 52 heavy (non-hydrogen) atoms. The maximum absolute atomic E-state index is 12.7. The fourth-order valence-electron chi connectivity index (χ4n) is 3.99. The number of carbonyl (C=O) groups excluding carboxylic acids is 1. The first-order chi connectivity index (χ1) is 23.0. The number of aryl methyl sites for hydroxylation is 2. The number of H-pyrrole nitrogens is 1. The number of carbonyl (C=O) groups is 1. The number of rotatable bonds is 8. The van der Waals surface area contributed by atoms with Gasteiger partial charge in [0.1, 0.15) is 22.4 Å². The normalized spacial score (nSPS) is 14.1. The van der Waals surface area contributed by atoms with Gasteiger partial charge in [-0.15, -0.1) is 15.3 Å². The molecule has 1 aromatic heterocycles. The fourth-order valence-corrected chi connectivity index (χ4v) is 4.51. The molecule has 1 aliphatic rings. The molecule has 5 rings (SSSR count). The van der Waals surface area contributed by atoms with Crippen molar-refractivity contribution in [2.75, 3.05) is 5.43 Å². The van der Waals surface area contributed by atoms with Gasteiger partial charge >= 0.3 is 70.7 Å². The van der Waals surface area contributed by atoms with E-state index in [1.54, 1.807) is 31.2 Å². The molecule has 0 saturated heterocycles. The van der Waals surface area contributed by atoms with E-state index in [4.69, 9.17) is 0 Å². The van der Waals surface area contributed by atoms with Gasteiger partial charge in [0, 0.05) is 29.5 Å². The predicted octanol–water partition coefficient (Wildman–Crippen LogP) is -1.49. The second kappa shape index (κ2) is 19.1. The third-order valence-corrected chi connectivity index (χ3v) is 7.39. The van der Waals surface area contributed by atoms with Crippen LogP contribution in [-0.2, 0) is 32.3 Å². The molecular formula is C27H24CrN10Na2O11S+2. The third kappa shape index (κ3) is 10.9. The predicted molar refractivity (Wildman–Crippen MR) is 170 cm³/mol. The summed E-state index contributed by atoms with van der Waals surface area (Å²) in [6, 6.07) is 11.2. The van der Waals surface area contributed by atoms with E-state index in [-0.39, 0.29) is 105 Å². The SMILES string of the molecule is CC1N=NC(=O)/C1=N/Nc1ccc([N+](=O)[O-])cc1O.Cc1ccc(-n2[nH]c(C)c(N=Nc3cc(S(=O)(=O)O)cc([N+](=O)[O-])c3O)c2=O)cc1.[Cr].[Na+].[Na+]. The molecule has 0 bridgehead atoms. The quantitative estimate of drug-likeness (QED) is 0.0341. The first-order valence-electron chi connectivity index (χ1n) is 13.5. The minimum Gasteiger partial charge on any atom is -0.505 e. The number of benzene rings is 3. The summed E-state index contributed by atoms with van der Waals surface area (Å²) in [7, 11) is -4.82. The molecule has 0 spiro atoms. The van der Waals surface area contributed by atoms with Gasteiger partial charge in [-0.25, -0.2) is 4.68 Å². The van der Waals surface area contributed by atoms with Crippen LogP contribution in [0.15, 0.2) is 89.8 Å². The Bertz CT molecular complexity index is 2260. The van der Waals surface area contributed by atoms with Crippen molar-refractivity contribution in [1.82, 2.24) is 9.78 Å². The van der Waals surface area contributed by atoms with E-state index in [0.717, 1.165) is 11.6 Å². The van der Waals surface area contributed by atoms with Gasteiger partial charge in [0.15, 0.2) is 11.4 Å². The van der Waals surface area contributed by atoms with Crippen LogP contribution in [0.25, 0.3) is 5.69 Å². The maximum atomic E-state index is 12.7. The second-order valence-electron chi connectivity index (χ2n) is 10.1. The first-order valence-corrected chi connectivity index (χ1v) is 15.0. The number of nitro groups is 2. The first kappa shape index (κ1) is 45.9. The fraction of sp³-hybridized carbons (Fsp3) is 0.148. The molecule has 5 N–H and O–H groups in total. The summed E-state index contributed by atoms with van der Waals surface area (Å²) >= 11 is 0. The Kier molecular flexibility index (Phi) is 16.8. The Hall–Kier alpha value is -4.15. The van der Waals surface area contributed by atoms with Crippen molar-refractivity contribution in [2.24, 2.45) is 25.6 Å². The number of nitrogens with zero attached hydrogens (tertiary/aromatic N) is 8. The minimum atomic E-state index is -4.82. The van der Waals surface area contributed by atoms with E-state index >= 15 is 0 Å². The molecule has 1 amide bonds. The summed E-state index contributed by atoms with van der Waals surface area (Å²) in [4.78, 5) is 42.9. The molecular weight excluding hydrogens is 770 g/mol. The number of aromatic amines is 1. The zero-order valence-electron chi connectivity index (χ0n) is 27.8. The summed E-state index contributed by atoms with van der Waals surface area (Å²) in [5.74, 6) is -1.87. The number of amides is 1. The van der Waals surface area contributed by atoms with Gasteiger partial charge in [0.05, 0.1) is 33.0 Å². The molecule has 0 saturated carbocycles. The molecule has 2 heterocycles. The van der Waals surface area contributed by atoms with Crippen LogP contribution in [0.1, 0.15) is 18.2 Å². The van der Waals surface area contributed by atoms with Crippen molar-refractivity contribution in [3.05, 3.63) is 96.4 Å². The number of nitro benzene ring substituents is 2. The number of phenolic OH excluding ortho intramolecular Hbond substituents is 2. The molecule has 0 aliphatic carbocycles. The number of phenols is 2. The van der Waals surface area contributed by atoms with Crippen molar-refractivity contribution < 1.29 is 114 Å². The van der Waals surface area contributed by atoms with Gasteiger partial charge in [0.25, 0.3) is 21.4 Å². The van der Waals surface area contributed by atoms with Crippen molar-refractivity contribution in [3.8, 4) is 17.2 Å². The van der Waals surface area contributed by atoms with E-state index in [1.165, 1.54) is 23.7 Å². The second-order valence-corrected chi connectivity index (χ2v) is 11.5. The third-order valence-electron chi connectivity index (χ3n) is 6.55. The van der Waals surface area contributed by atoms with Crippen molar-refractivity contribution in [3.63, 3.8) is 0 Å². The largest absolute Gasteiger partial charge is 1.00 e.